The van der Waals surface area contributed by atoms with E-state index in [0.29, 0.717) is 6.61 Å². The van der Waals surface area contributed by atoms with Gasteiger partial charge in [0.25, 0.3) is 0 Å². The van der Waals surface area contributed by atoms with Crippen molar-refractivity contribution in [3.05, 3.63) is 18.2 Å². The Morgan fingerprint density at radius 3 is 2.75 bits per heavy atom. The summed E-state index contributed by atoms with van der Waals surface area (Å²) in [5.41, 5.74) is 5.91. The molecule has 0 bridgehead atoms. The van der Waals surface area contributed by atoms with E-state index < -0.39 is 6.09 Å². The molecule has 90 valence electrons. The SMILES string of the molecule is CC(C)(C)n1cnc(CCCOC(N)=O)c1. The Morgan fingerprint density at radius 2 is 2.25 bits per heavy atom. The van der Waals surface area contributed by atoms with E-state index in [9.17, 15) is 4.79 Å². The van der Waals surface area contributed by atoms with Crippen LogP contribution in [0.3, 0.4) is 0 Å². The molecule has 1 rings (SSSR count). The molecule has 0 saturated heterocycles. The fraction of sp³-hybridized carbons (Fsp3) is 0.636. The number of primary amides is 1. The predicted octanol–water partition coefficient (Wildman–Crippen LogP) is 1.67. The van der Waals surface area contributed by atoms with Crippen molar-refractivity contribution in [3.63, 3.8) is 0 Å². The first-order valence-electron chi connectivity index (χ1n) is 5.35. The van der Waals surface area contributed by atoms with E-state index in [0.717, 1.165) is 18.5 Å². The van der Waals surface area contributed by atoms with Crippen molar-refractivity contribution in [1.29, 1.82) is 0 Å². The highest BCUT2D eigenvalue weighted by atomic mass is 16.5. The molecule has 0 aliphatic rings. The number of imidazole rings is 1. The van der Waals surface area contributed by atoms with Crippen LogP contribution in [-0.2, 0) is 16.7 Å². The maximum atomic E-state index is 10.3. The first-order valence-corrected chi connectivity index (χ1v) is 5.35. The summed E-state index contributed by atoms with van der Waals surface area (Å²) in [7, 11) is 0. The highest BCUT2D eigenvalue weighted by molar-refractivity contribution is 5.64. The van der Waals surface area contributed by atoms with Gasteiger partial charge in [-0.15, -0.1) is 0 Å². The van der Waals surface area contributed by atoms with Gasteiger partial charge in [0.15, 0.2) is 0 Å². The standard InChI is InChI=1S/C11H19N3O2/c1-11(2,3)14-7-9(13-8-14)5-4-6-16-10(12)15/h7-8H,4-6H2,1-3H3,(H2,12,15). The molecule has 0 aliphatic heterocycles. The number of amides is 1. The molecule has 0 aliphatic carbocycles. The van der Waals surface area contributed by atoms with Crippen LogP contribution in [0.15, 0.2) is 12.5 Å². The second kappa shape index (κ2) is 5.01. The van der Waals surface area contributed by atoms with E-state index >= 15 is 0 Å². The quantitative estimate of drug-likeness (QED) is 0.792. The second-order valence-electron chi connectivity index (χ2n) is 4.71. The minimum Gasteiger partial charge on any atom is -0.450 e. The highest BCUT2D eigenvalue weighted by Crippen LogP contribution is 2.14. The zero-order valence-electron chi connectivity index (χ0n) is 10.1. The van der Waals surface area contributed by atoms with Crippen LogP contribution >= 0.6 is 0 Å². The van der Waals surface area contributed by atoms with E-state index in [1.165, 1.54) is 0 Å². The molecule has 0 unspecified atom stereocenters. The lowest BCUT2D eigenvalue weighted by Gasteiger charge is -2.19. The van der Waals surface area contributed by atoms with Crippen LogP contribution in [0, 0.1) is 0 Å². The smallest absolute Gasteiger partial charge is 0.404 e. The largest absolute Gasteiger partial charge is 0.450 e. The summed E-state index contributed by atoms with van der Waals surface area (Å²) in [4.78, 5) is 14.6. The number of carbonyl (C=O) groups excluding carboxylic acids is 1. The fourth-order valence-corrected chi connectivity index (χ4v) is 1.29. The summed E-state index contributed by atoms with van der Waals surface area (Å²) in [5.74, 6) is 0. The average molecular weight is 225 g/mol. The number of nitrogens with zero attached hydrogens (tertiary/aromatic N) is 2. The molecule has 2 N–H and O–H groups in total. The van der Waals surface area contributed by atoms with Gasteiger partial charge in [-0.3, -0.25) is 0 Å². The summed E-state index contributed by atoms with van der Waals surface area (Å²) in [6.45, 7) is 6.70. The number of rotatable bonds is 4. The maximum absolute atomic E-state index is 10.3. The molecule has 0 atom stereocenters. The van der Waals surface area contributed by atoms with Crippen molar-refractivity contribution in [2.24, 2.45) is 5.73 Å². The number of ether oxygens (including phenoxy) is 1. The molecule has 0 radical (unpaired) electrons. The van der Waals surface area contributed by atoms with E-state index in [-0.39, 0.29) is 5.54 Å². The summed E-state index contributed by atoms with van der Waals surface area (Å²) in [6, 6.07) is 0. The van der Waals surface area contributed by atoms with Crippen LogP contribution in [0.25, 0.3) is 0 Å². The van der Waals surface area contributed by atoms with Gasteiger partial charge in [-0.2, -0.15) is 0 Å². The third-order valence-corrected chi connectivity index (χ3v) is 2.23. The minimum atomic E-state index is -0.722. The first kappa shape index (κ1) is 12.5. The molecule has 5 nitrogen and oxygen atoms in total. The normalized spacial score (nSPS) is 11.4. The maximum Gasteiger partial charge on any atom is 0.404 e. The Labute approximate surface area is 95.6 Å². The number of hydrogen-bond donors (Lipinski definition) is 1. The number of carbonyl (C=O) groups is 1. The second-order valence-corrected chi connectivity index (χ2v) is 4.71. The van der Waals surface area contributed by atoms with Gasteiger partial charge in [0.2, 0.25) is 0 Å². The molecule has 0 saturated carbocycles. The molecular formula is C11H19N3O2. The van der Waals surface area contributed by atoms with Gasteiger partial charge in [0.1, 0.15) is 0 Å². The first-order chi connectivity index (χ1) is 7.39. The molecule has 0 aromatic carbocycles. The Morgan fingerprint density at radius 1 is 1.56 bits per heavy atom. The van der Waals surface area contributed by atoms with Crippen molar-refractivity contribution in [2.45, 2.75) is 39.2 Å². The zero-order valence-corrected chi connectivity index (χ0v) is 10.1. The summed E-state index contributed by atoms with van der Waals surface area (Å²) in [6.07, 6.45) is 4.65. The molecule has 1 amide bonds. The molecule has 0 spiro atoms. The van der Waals surface area contributed by atoms with Crippen molar-refractivity contribution < 1.29 is 9.53 Å². The molecule has 5 heteroatoms. The van der Waals surface area contributed by atoms with Crippen molar-refractivity contribution in [2.75, 3.05) is 6.61 Å². The summed E-state index contributed by atoms with van der Waals surface area (Å²) < 4.78 is 6.71. The minimum absolute atomic E-state index is 0.0506. The molecular weight excluding hydrogens is 206 g/mol. The van der Waals surface area contributed by atoms with Crippen molar-refractivity contribution in [3.8, 4) is 0 Å². The van der Waals surface area contributed by atoms with Gasteiger partial charge < -0.3 is 15.0 Å². The lowest BCUT2D eigenvalue weighted by atomic mass is 10.1. The van der Waals surface area contributed by atoms with Crippen molar-refractivity contribution in [1.82, 2.24) is 9.55 Å². The molecule has 1 aromatic heterocycles. The highest BCUT2D eigenvalue weighted by Gasteiger charge is 2.12. The van der Waals surface area contributed by atoms with E-state index in [2.05, 4.69) is 35.1 Å². The fourth-order valence-electron chi connectivity index (χ4n) is 1.29. The van der Waals surface area contributed by atoms with Crippen LogP contribution in [0.4, 0.5) is 4.79 Å². The Hall–Kier alpha value is -1.52. The van der Waals surface area contributed by atoms with Crippen LogP contribution in [0.2, 0.25) is 0 Å². The average Bonchev–Trinajstić information content (AvgIpc) is 2.59. The van der Waals surface area contributed by atoms with E-state index in [4.69, 9.17) is 5.73 Å². The number of aromatic nitrogens is 2. The third kappa shape index (κ3) is 3.92. The topological polar surface area (TPSA) is 70.1 Å². The van der Waals surface area contributed by atoms with Gasteiger partial charge in [-0.25, -0.2) is 9.78 Å². The number of hydrogen-bond acceptors (Lipinski definition) is 3. The number of nitrogens with two attached hydrogens (primary N) is 1. The van der Waals surface area contributed by atoms with Crippen molar-refractivity contribution >= 4 is 6.09 Å². The summed E-state index contributed by atoms with van der Waals surface area (Å²) in [5, 5.41) is 0. The van der Waals surface area contributed by atoms with Crippen LogP contribution in [0.1, 0.15) is 32.9 Å². The zero-order chi connectivity index (χ0) is 12.2. The Balaban J connectivity index is 2.38. The summed E-state index contributed by atoms with van der Waals surface area (Å²) >= 11 is 0. The Kier molecular flexibility index (Phi) is 3.93. The van der Waals surface area contributed by atoms with Gasteiger partial charge in [0.05, 0.1) is 18.6 Å². The molecule has 1 aromatic rings. The van der Waals surface area contributed by atoms with Gasteiger partial charge in [-0.05, 0) is 33.6 Å². The van der Waals surface area contributed by atoms with E-state index in [1.54, 1.807) is 0 Å². The third-order valence-electron chi connectivity index (χ3n) is 2.23. The van der Waals surface area contributed by atoms with Gasteiger partial charge >= 0.3 is 6.09 Å². The van der Waals surface area contributed by atoms with E-state index in [1.807, 2.05) is 12.5 Å². The van der Waals surface area contributed by atoms with Crippen LogP contribution in [-0.4, -0.2) is 22.3 Å². The molecule has 0 fully saturated rings. The molecule has 16 heavy (non-hydrogen) atoms. The molecule has 1 heterocycles. The lowest BCUT2D eigenvalue weighted by Crippen LogP contribution is -2.19. The lowest BCUT2D eigenvalue weighted by molar-refractivity contribution is 0.155. The monoisotopic (exact) mass is 225 g/mol. The number of aryl methyl sites for hydroxylation is 1. The van der Waals surface area contributed by atoms with Crippen LogP contribution in [0.5, 0.6) is 0 Å². The van der Waals surface area contributed by atoms with Gasteiger partial charge in [-0.1, -0.05) is 0 Å². The van der Waals surface area contributed by atoms with Crippen LogP contribution < -0.4 is 5.73 Å². The Bertz CT molecular complexity index is 352. The van der Waals surface area contributed by atoms with Gasteiger partial charge in [0, 0.05) is 11.7 Å². The predicted molar refractivity (Wildman–Crippen MR) is 61.1 cm³/mol.